The molecule has 0 aliphatic carbocycles. The summed E-state index contributed by atoms with van der Waals surface area (Å²) in [4.78, 5) is 26.3. The molecule has 6 heteroatoms. The zero-order valence-corrected chi connectivity index (χ0v) is 13.5. The summed E-state index contributed by atoms with van der Waals surface area (Å²) in [6.07, 6.45) is -0.0672. The van der Waals surface area contributed by atoms with E-state index in [9.17, 15) is 9.59 Å². The van der Waals surface area contributed by atoms with Gasteiger partial charge in [-0.15, -0.1) is 0 Å². The van der Waals surface area contributed by atoms with Gasteiger partial charge < -0.3 is 14.2 Å². The molecule has 0 aromatic rings. The SMILES string of the molecule is CC(C)OC(=O)C(CCN1CCOCC1)C(=O)OC(C)C. The molecule has 0 saturated carbocycles. The maximum absolute atomic E-state index is 12.1. The van der Waals surface area contributed by atoms with Crippen LogP contribution in [0.15, 0.2) is 0 Å². The number of hydrogen-bond donors (Lipinski definition) is 0. The molecular formula is C15H27NO5. The average Bonchev–Trinajstić information content (AvgIpc) is 2.38. The molecule has 6 nitrogen and oxygen atoms in total. The van der Waals surface area contributed by atoms with Gasteiger partial charge in [-0.05, 0) is 40.7 Å². The van der Waals surface area contributed by atoms with Crippen LogP contribution in [0.3, 0.4) is 0 Å². The maximum atomic E-state index is 12.1. The minimum atomic E-state index is -0.849. The Hall–Kier alpha value is -1.14. The lowest BCUT2D eigenvalue weighted by molar-refractivity contribution is -0.166. The van der Waals surface area contributed by atoms with E-state index in [0.29, 0.717) is 26.2 Å². The third-order valence-electron chi connectivity index (χ3n) is 3.11. The Bertz CT molecular complexity index is 315. The second-order valence-corrected chi connectivity index (χ2v) is 5.77. The number of ether oxygens (including phenoxy) is 3. The summed E-state index contributed by atoms with van der Waals surface area (Å²) in [5.41, 5.74) is 0. The molecule has 21 heavy (non-hydrogen) atoms. The zero-order chi connectivity index (χ0) is 15.8. The molecule has 1 heterocycles. The number of nitrogens with zero attached hydrogens (tertiary/aromatic N) is 1. The van der Waals surface area contributed by atoms with E-state index in [1.807, 2.05) is 0 Å². The van der Waals surface area contributed by atoms with Crippen LogP contribution in [-0.4, -0.2) is 61.9 Å². The monoisotopic (exact) mass is 301 g/mol. The van der Waals surface area contributed by atoms with Crippen LogP contribution in [0, 0.1) is 5.92 Å². The number of carbonyl (C=O) groups excluding carboxylic acids is 2. The Labute approximate surface area is 126 Å². The molecule has 1 saturated heterocycles. The summed E-state index contributed by atoms with van der Waals surface area (Å²) >= 11 is 0. The molecule has 0 amide bonds. The van der Waals surface area contributed by atoms with Crippen molar-refractivity contribution in [2.45, 2.75) is 46.3 Å². The molecule has 0 unspecified atom stereocenters. The van der Waals surface area contributed by atoms with Crippen molar-refractivity contribution in [1.82, 2.24) is 4.90 Å². The van der Waals surface area contributed by atoms with Gasteiger partial charge in [-0.2, -0.15) is 0 Å². The molecule has 0 aromatic heterocycles. The van der Waals surface area contributed by atoms with Crippen molar-refractivity contribution in [3.05, 3.63) is 0 Å². The number of carbonyl (C=O) groups is 2. The molecule has 1 fully saturated rings. The van der Waals surface area contributed by atoms with Gasteiger partial charge in [0.25, 0.3) is 0 Å². The van der Waals surface area contributed by atoms with E-state index in [4.69, 9.17) is 14.2 Å². The van der Waals surface area contributed by atoms with Gasteiger partial charge >= 0.3 is 11.9 Å². The number of morpholine rings is 1. The molecule has 122 valence electrons. The van der Waals surface area contributed by atoms with Crippen molar-refractivity contribution < 1.29 is 23.8 Å². The van der Waals surface area contributed by atoms with Crippen LogP contribution < -0.4 is 0 Å². The molecule has 1 aliphatic heterocycles. The standard InChI is InChI=1S/C15H27NO5/c1-11(2)20-14(17)13(15(18)21-12(3)4)5-6-16-7-9-19-10-8-16/h11-13H,5-10H2,1-4H3. The highest BCUT2D eigenvalue weighted by atomic mass is 16.6. The van der Waals surface area contributed by atoms with Crippen LogP contribution in [0.1, 0.15) is 34.1 Å². The van der Waals surface area contributed by atoms with E-state index >= 15 is 0 Å². The van der Waals surface area contributed by atoms with Gasteiger partial charge in [0.05, 0.1) is 25.4 Å². The lowest BCUT2D eigenvalue weighted by Crippen LogP contribution is -2.40. The Kier molecular flexibility index (Phi) is 7.67. The highest BCUT2D eigenvalue weighted by Crippen LogP contribution is 2.13. The Morgan fingerprint density at radius 3 is 1.90 bits per heavy atom. The largest absolute Gasteiger partial charge is 0.462 e. The van der Waals surface area contributed by atoms with Crippen molar-refractivity contribution in [3.63, 3.8) is 0 Å². The predicted octanol–water partition coefficient (Wildman–Crippen LogP) is 1.23. The van der Waals surface area contributed by atoms with Crippen molar-refractivity contribution >= 4 is 11.9 Å². The maximum Gasteiger partial charge on any atom is 0.320 e. The van der Waals surface area contributed by atoms with E-state index in [2.05, 4.69) is 4.90 Å². The third-order valence-corrected chi connectivity index (χ3v) is 3.11. The highest BCUT2D eigenvalue weighted by molar-refractivity contribution is 5.95. The van der Waals surface area contributed by atoms with E-state index < -0.39 is 17.9 Å². The van der Waals surface area contributed by atoms with Crippen LogP contribution in [-0.2, 0) is 23.8 Å². The van der Waals surface area contributed by atoms with E-state index in [1.54, 1.807) is 27.7 Å². The summed E-state index contributed by atoms with van der Waals surface area (Å²) in [5.74, 6) is -1.84. The summed E-state index contributed by atoms with van der Waals surface area (Å²) in [6.45, 7) is 10.8. The fraction of sp³-hybridized carbons (Fsp3) is 0.867. The molecule has 1 aliphatic rings. The van der Waals surface area contributed by atoms with Crippen LogP contribution in [0.2, 0.25) is 0 Å². The normalized spacial score (nSPS) is 16.5. The van der Waals surface area contributed by atoms with E-state index in [1.165, 1.54) is 0 Å². The predicted molar refractivity (Wildman–Crippen MR) is 77.8 cm³/mol. The first kappa shape index (κ1) is 17.9. The second-order valence-electron chi connectivity index (χ2n) is 5.77. The van der Waals surface area contributed by atoms with Crippen LogP contribution >= 0.6 is 0 Å². The summed E-state index contributed by atoms with van der Waals surface area (Å²) in [7, 11) is 0. The van der Waals surface area contributed by atoms with Gasteiger partial charge in [-0.3, -0.25) is 14.5 Å². The van der Waals surface area contributed by atoms with Crippen molar-refractivity contribution in [2.75, 3.05) is 32.8 Å². The topological polar surface area (TPSA) is 65.1 Å². The van der Waals surface area contributed by atoms with Gasteiger partial charge in [-0.1, -0.05) is 0 Å². The molecular weight excluding hydrogens is 274 g/mol. The van der Waals surface area contributed by atoms with Crippen LogP contribution in [0.4, 0.5) is 0 Å². The fourth-order valence-corrected chi connectivity index (χ4v) is 2.10. The molecule has 1 rings (SSSR count). The number of hydrogen-bond acceptors (Lipinski definition) is 6. The lowest BCUT2D eigenvalue weighted by Gasteiger charge is -2.27. The minimum Gasteiger partial charge on any atom is -0.462 e. The number of rotatable bonds is 7. The average molecular weight is 301 g/mol. The second kappa shape index (κ2) is 9.00. The van der Waals surface area contributed by atoms with Gasteiger partial charge in [-0.25, -0.2) is 0 Å². The summed E-state index contributed by atoms with van der Waals surface area (Å²) in [6, 6.07) is 0. The van der Waals surface area contributed by atoms with Crippen LogP contribution in [0.25, 0.3) is 0 Å². The summed E-state index contributed by atoms with van der Waals surface area (Å²) in [5, 5.41) is 0. The van der Waals surface area contributed by atoms with Gasteiger partial charge in [0.15, 0.2) is 5.92 Å². The first-order chi connectivity index (χ1) is 9.90. The molecule has 0 bridgehead atoms. The number of esters is 2. The third kappa shape index (κ3) is 6.91. The Balaban J connectivity index is 2.57. The first-order valence-electron chi connectivity index (χ1n) is 7.61. The molecule has 0 radical (unpaired) electrons. The lowest BCUT2D eigenvalue weighted by atomic mass is 10.1. The van der Waals surface area contributed by atoms with Crippen molar-refractivity contribution in [2.24, 2.45) is 5.92 Å². The smallest absolute Gasteiger partial charge is 0.320 e. The molecule has 0 spiro atoms. The Morgan fingerprint density at radius 2 is 1.48 bits per heavy atom. The van der Waals surface area contributed by atoms with Crippen molar-refractivity contribution in [3.8, 4) is 0 Å². The molecule has 0 N–H and O–H groups in total. The van der Waals surface area contributed by atoms with E-state index in [0.717, 1.165) is 13.1 Å². The minimum absolute atomic E-state index is 0.241. The highest BCUT2D eigenvalue weighted by Gasteiger charge is 2.31. The molecule has 0 aromatic carbocycles. The Morgan fingerprint density at radius 1 is 1.00 bits per heavy atom. The van der Waals surface area contributed by atoms with Crippen molar-refractivity contribution in [1.29, 1.82) is 0 Å². The van der Waals surface area contributed by atoms with E-state index in [-0.39, 0.29) is 12.2 Å². The molecule has 0 atom stereocenters. The van der Waals surface area contributed by atoms with Crippen LogP contribution in [0.5, 0.6) is 0 Å². The van der Waals surface area contributed by atoms with Gasteiger partial charge in [0.1, 0.15) is 0 Å². The zero-order valence-electron chi connectivity index (χ0n) is 13.5. The summed E-state index contributed by atoms with van der Waals surface area (Å²) < 4.78 is 15.6. The quantitative estimate of drug-likeness (QED) is 0.520. The van der Waals surface area contributed by atoms with Gasteiger partial charge in [0.2, 0.25) is 0 Å². The first-order valence-corrected chi connectivity index (χ1v) is 7.61. The van der Waals surface area contributed by atoms with Gasteiger partial charge in [0, 0.05) is 13.1 Å². The fourth-order valence-electron chi connectivity index (χ4n) is 2.10.